The molecule has 5 rings (SSSR count). The first kappa shape index (κ1) is 20.7. The maximum atomic E-state index is 13.4. The zero-order valence-electron chi connectivity index (χ0n) is 16.7. The van der Waals surface area contributed by atoms with Gasteiger partial charge in [0.15, 0.2) is 5.82 Å². The number of fused-ring (bicyclic) bond motifs is 1. The van der Waals surface area contributed by atoms with E-state index in [1.54, 1.807) is 52.7 Å². The van der Waals surface area contributed by atoms with Gasteiger partial charge in [-0.2, -0.15) is 4.98 Å². The van der Waals surface area contributed by atoms with Crippen LogP contribution in [0.1, 0.15) is 18.5 Å². The number of allylic oxidation sites excluding steroid dienone is 1. The number of carbonyl (C=O) groups excluding carboxylic acids is 1. The van der Waals surface area contributed by atoms with Crippen molar-refractivity contribution in [3.63, 3.8) is 0 Å². The molecule has 1 atom stereocenters. The van der Waals surface area contributed by atoms with Crippen molar-refractivity contribution in [3.8, 4) is 10.7 Å². The number of nitrogens with zero attached hydrogens (tertiary/aromatic N) is 4. The van der Waals surface area contributed by atoms with E-state index >= 15 is 0 Å². The maximum Gasteiger partial charge on any atom is 0.255 e. The lowest BCUT2D eigenvalue weighted by atomic mass is 9.95. The second-order valence-electron chi connectivity index (χ2n) is 7.12. The van der Waals surface area contributed by atoms with E-state index < -0.39 is 6.04 Å². The third-order valence-electron chi connectivity index (χ3n) is 5.02. The first-order valence-corrected chi connectivity index (χ1v) is 11.3. The van der Waals surface area contributed by atoms with Gasteiger partial charge in [-0.3, -0.25) is 9.78 Å². The second-order valence-corrected chi connectivity index (χ2v) is 8.88. The molecule has 0 saturated heterocycles. The van der Waals surface area contributed by atoms with Crippen LogP contribution < -0.4 is 10.6 Å². The molecular weight excluding hydrogens is 467 g/mol. The number of rotatable bonds is 4. The van der Waals surface area contributed by atoms with Gasteiger partial charge >= 0.3 is 0 Å². The summed E-state index contributed by atoms with van der Waals surface area (Å²) in [7, 11) is 0. The molecule has 1 aliphatic heterocycles. The molecule has 2 N–H and O–H groups in total. The van der Waals surface area contributed by atoms with Crippen molar-refractivity contribution in [2.45, 2.75) is 13.0 Å². The van der Waals surface area contributed by atoms with Crippen LogP contribution in [0.25, 0.3) is 10.7 Å². The summed E-state index contributed by atoms with van der Waals surface area (Å²) >= 11 is 14.0. The summed E-state index contributed by atoms with van der Waals surface area (Å²) in [6.07, 6.45) is 3.24. The third-order valence-corrected chi connectivity index (χ3v) is 6.62. The lowest BCUT2D eigenvalue weighted by molar-refractivity contribution is -0.113. The fourth-order valence-corrected chi connectivity index (χ4v) is 4.54. The fourth-order valence-electron chi connectivity index (χ4n) is 3.58. The zero-order valence-corrected chi connectivity index (χ0v) is 19.0. The lowest BCUT2D eigenvalue weighted by Crippen LogP contribution is -2.31. The highest BCUT2D eigenvalue weighted by molar-refractivity contribution is 7.13. The van der Waals surface area contributed by atoms with Crippen molar-refractivity contribution in [1.29, 1.82) is 0 Å². The van der Waals surface area contributed by atoms with E-state index in [2.05, 4.69) is 20.6 Å². The van der Waals surface area contributed by atoms with Crippen LogP contribution in [0.2, 0.25) is 10.0 Å². The fraction of sp³-hybridized carbons (Fsp3) is 0.0909. The van der Waals surface area contributed by atoms with Crippen LogP contribution >= 0.6 is 34.5 Å². The van der Waals surface area contributed by atoms with Crippen molar-refractivity contribution in [2.24, 2.45) is 0 Å². The molecular formula is C22H16Cl2N6OS. The van der Waals surface area contributed by atoms with Gasteiger partial charge in [0, 0.05) is 11.9 Å². The van der Waals surface area contributed by atoms with E-state index in [1.807, 2.05) is 30.5 Å². The average Bonchev–Trinajstić information content (AvgIpc) is 3.45. The Balaban J connectivity index is 1.63. The maximum absolute atomic E-state index is 13.4. The Morgan fingerprint density at radius 2 is 2.06 bits per heavy atom. The van der Waals surface area contributed by atoms with Gasteiger partial charge in [-0.05, 0) is 48.2 Å². The van der Waals surface area contributed by atoms with Crippen LogP contribution in [-0.4, -0.2) is 25.7 Å². The van der Waals surface area contributed by atoms with Gasteiger partial charge in [-0.25, -0.2) is 4.68 Å². The van der Waals surface area contributed by atoms with Crippen LogP contribution in [0.4, 0.5) is 11.6 Å². The standard InChI is InChI=1S/C22H16Cl2N6OS/c1-12-18(21(31)27-14-4-2-8-25-11-14)19(13-6-7-15(23)16(24)10-13)30-22(26-12)28-20(29-30)17-5-3-9-32-17/h2-11,19H,1H3,(H,27,31)(H,26,28,29). The van der Waals surface area contributed by atoms with E-state index in [9.17, 15) is 4.79 Å². The number of halogens is 2. The molecule has 0 spiro atoms. The number of pyridine rings is 1. The van der Waals surface area contributed by atoms with Gasteiger partial charge in [-0.1, -0.05) is 35.3 Å². The highest BCUT2D eigenvalue weighted by Crippen LogP contribution is 2.39. The number of nitrogens with one attached hydrogen (secondary N) is 2. The molecule has 160 valence electrons. The van der Waals surface area contributed by atoms with Crippen LogP contribution in [0.15, 0.2) is 71.5 Å². The van der Waals surface area contributed by atoms with Gasteiger partial charge in [0.1, 0.15) is 6.04 Å². The molecule has 7 nitrogen and oxygen atoms in total. The summed E-state index contributed by atoms with van der Waals surface area (Å²) in [6.45, 7) is 1.84. The normalized spacial score (nSPS) is 15.3. The van der Waals surface area contributed by atoms with Crippen LogP contribution in [0.3, 0.4) is 0 Å². The van der Waals surface area contributed by atoms with Crippen LogP contribution in [0.5, 0.6) is 0 Å². The van der Waals surface area contributed by atoms with Crippen molar-refractivity contribution in [3.05, 3.63) is 87.1 Å². The molecule has 3 aromatic heterocycles. The summed E-state index contributed by atoms with van der Waals surface area (Å²) in [6, 6.07) is 12.2. The Labute approximate surface area is 197 Å². The van der Waals surface area contributed by atoms with E-state index in [0.717, 1.165) is 10.4 Å². The van der Waals surface area contributed by atoms with Gasteiger partial charge in [0.25, 0.3) is 5.91 Å². The summed E-state index contributed by atoms with van der Waals surface area (Å²) < 4.78 is 1.71. The molecule has 0 saturated carbocycles. The Morgan fingerprint density at radius 3 is 2.78 bits per heavy atom. The van der Waals surface area contributed by atoms with Gasteiger partial charge in [0.05, 0.1) is 32.4 Å². The minimum Gasteiger partial charge on any atom is -0.328 e. The first-order valence-electron chi connectivity index (χ1n) is 9.66. The molecule has 1 aromatic carbocycles. The Kier molecular flexibility index (Phi) is 5.42. The van der Waals surface area contributed by atoms with Crippen molar-refractivity contribution in [1.82, 2.24) is 19.7 Å². The molecule has 0 bridgehead atoms. The zero-order chi connectivity index (χ0) is 22.2. The third kappa shape index (κ3) is 3.77. The predicted molar refractivity (Wildman–Crippen MR) is 127 cm³/mol. The van der Waals surface area contributed by atoms with E-state index in [-0.39, 0.29) is 5.91 Å². The topological polar surface area (TPSA) is 84.7 Å². The minimum absolute atomic E-state index is 0.280. The van der Waals surface area contributed by atoms with E-state index in [4.69, 9.17) is 28.3 Å². The highest BCUT2D eigenvalue weighted by Gasteiger charge is 2.35. The Hall–Kier alpha value is -3.20. The second kappa shape index (κ2) is 8.38. The summed E-state index contributed by atoms with van der Waals surface area (Å²) in [5.74, 6) is 0.840. The number of aromatic nitrogens is 4. The molecule has 0 fully saturated rings. The van der Waals surface area contributed by atoms with E-state index in [0.29, 0.717) is 38.8 Å². The van der Waals surface area contributed by atoms with Crippen LogP contribution in [-0.2, 0) is 4.79 Å². The number of anilines is 2. The molecule has 32 heavy (non-hydrogen) atoms. The van der Waals surface area contributed by atoms with Crippen molar-refractivity contribution in [2.75, 3.05) is 10.6 Å². The quantitative estimate of drug-likeness (QED) is 0.393. The smallest absolute Gasteiger partial charge is 0.255 e. The first-order chi connectivity index (χ1) is 15.5. The number of hydrogen-bond acceptors (Lipinski definition) is 6. The number of thiophene rings is 1. The molecule has 0 aliphatic carbocycles. The highest BCUT2D eigenvalue weighted by atomic mass is 35.5. The minimum atomic E-state index is -0.557. The Morgan fingerprint density at radius 1 is 1.19 bits per heavy atom. The molecule has 10 heteroatoms. The summed E-state index contributed by atoms with van der Waals surface area (Å²) in [5.41, 5.74) is 2.51. The number of carbonyl (C=O) groups is 1. The van der Waals surface area contributed by atoms with Crippen molar-refractivity contribution < 1.29 is 4.79 Å². The van der Waals surface area contributed by atoms with E-state index in [1.165, 1.54) is 0 Å². The Bertz CT molecular complexity index is 1330. The van der Waals surface area contributed by atoms with Gasteiger partial charge < -0.3 is 10.6 Å². The average molecular weight is 483 g/mol. The molecule has 1 amide bonds. The molecule has 1 aliphatic rings. The number of benzene rings is 1. The number of hydrogen-bond donors (Lipinski definition) is 2. The summed E-state index contributed by atoms with van der Waals surface area (Å²) in [5, 5.41) is 13.7. The molecule has 1 unspecified atom stereocenters. The lowest BCUT2D eigenvalue weighted by Gasteiger charge is -2.28. The molecule has 4 heterocycles. The monoisotopic (exact) mass is 482 g/mol. The van der Waals surface area contributed by atoms with Crippen LogP contribution in [0, 0.1) is 0 Å². The van der Waals surface area contributed by atoms with Crippen molar-refractivity contribution >= 4 is 52.1 Å². The largest absolute Gasteiger partial charge is 0.328 e. The van der Waals surface area contributed by atoms with Gasteiger partial charge in [-0.15, -0.1) is 16.4 Å². The molecule has 0 radical (unpaired) electrons. The SMILES string of the molecule is CC1=C(C(=O)Nc2cccnc2)C(c2ccc(Cl)c(Cl)c2)n2nc(-c3cccs3)nc2N1. The van der Waals surface area contributed by atoms with Gasteiger partial charge in [0.2, 0.25) is 5.95 Å². The summed E-state index contributed by atoms with van der Waals surface area (Å²) in [4.78, 5) is 23.1. The molecule has 4 aromatic rings. The number of amides is 1. The predicted octanol–water partition coefficient (Wildman–Crippen LogP) is 5.64.